The van der Waals surface area contributed by atoms with E-state index in [4.69, 9.17) is 4.74 Å². The predicted octanol–water partition coefficient (Wildman–Crippen LogP) is 0.126. The van der Waals surface area contributed by atoms with Crippen LogP contribution in [-0.4, -0.2) is 12.8 Å². The van der Waals surface area contributed by atoms with E-state index >= 15 is 0 Å². The van der Waals surface area contributed by atoms with E-state index in [1.54, 1.807) is 0 Å². The van der Waals surface area contributed by atoms with Crippen molar-refractivity contribution in [3.05, 3.63) is 0 Å². The van der Waals surface area contributed by atoms with Crippen molar-refractivity contribution in [2.75, 3.05) is 6.61 Å². The average molecular weight is 296 g/mol. The van der Waals surface area contributed by atoms with Gasteiger partial charge in [-0.15, -0.1) is 0 Å². The van der Waals surface area contributed by atoms with Crippen LogP contribution < -0.4 is 22.7 Å². The molecular weight excluding hydrogens is 266 g/mol. The molecule has 0 aromatic rings. The molecule has 3 heteroatoms. The lowest BCUT2D eigenvalue weighted by Gasteiger charge is -2.08. The van der Waals surface area contributed by atoms with Crippen LogP contribution >= 0.6 is 0 Å². The van der Waals surface area contributed by atoms with Crippen LogP contribution in [0.5, 0.6) is 0 Å². The molecule has 1 unspecified atom stereocenters. The van der Waals surface area contributed by atoms with Crippen LogP contribution in [0.15, 0.2) is 0 Å². The molecule has 0 aliphatic heterocycles. The van der Waals surface area contributed by atoms with Crippen LogP contribution in [0.1, 0.15) is 71.6 Å². The number of rotatable bonds is 11. The molecule has 0 saturated carbocycles. The number of unbranched alkanes of at least 4 members (excludes halogenated alkanes) is 6. The summed E-state index contributed by atoms with van der Waals surface area (Å²) >= 11 is 0. The molecule has 0 spiro atoms. The maximum atomic E-state index is 5.60. The lowest BCUT2D eigenvalue weighted by Crippen LogP contribution is -3.00. The zero-order valence-corrected chi connectivity index (χ0v) is 12.7. The van der Waals surface area contributed by atoms with Crippen LogP contribution in [0.4, 0.5) is 0 Å². The van der Waals surface area contributed by atoms with Crippen molar-refractivity contribution in [2.45, 2.75) is 77.9 Å². The van der Waals surface area contributed by atoms with Crippen LogP contribution in [0.25, 0.3) is 0 Å². The topological polar surface area (TPSA) is 36.9 Å². The Morgan fingerprint density at radius 3 is 2.00 bits per heavy atom. The molecule has 0 bridgehead atoms. The van der Waals surface area contributed by atoms with Gasteiger partial charge < -0.3 is 27.5 Å². The zero-order chi connectivity index (χ0) is 11.4. The van der Waals surface area contributed by atoms with Crippen molar-refractivity contribution in [1.82, 2.24) is 0 Å². The highest BCUT2D eigenvalue weighted by Gasteiger charge is 2.02. The van der Waals surface area contributed by atoms with E-state index in [1.807, 2.05) is 0 Å². The Morgan fingerprint density at radius 2 is 1.44 bits per heavy atom. The van der Waals surface area contributed by atoms with Gasteiger partial charge in [-0.05, 0) is 12.8 Å². The molecular formula is C13H30BrNO. The van der Waals surface area contributed by atoms with Crippen molar-refractivity contribution >= 4 is 0 Å². The van der Waals surface area contributed by atoms with Gasteiger partial charge in [0, 0.05) is 6.42 Å². The molecule has 0 fully saturated rings. The summed E-state index contributed by atoms with van der Waals surface area (Å²) in [5, 5.41) is 0. The van der Waals surface area contributed by atoms with Gasteiger partial charge in [-0.25, -0.2) is 0 Å². The monoisotopic (exact) mass is 295 g/mol. The van der Waals surface area contributed by atoms with Gasteiger partial charge in [-0.3, -0.25) is 0 Å². The molecule has 1 atom stereocenters. The molecule has 0 saturated heterocycles. The van der Waals surface area contributed by atoms with Crippen molar-refractivity contribution in [1.29, 1.82) is 0 Å². The molecule has 2 nitrogen and oxygen atoms in total. The van der Waals surface area contributed by atoms with Crippen molar-refractivity contribution < 1.29 is 27.5 Å². The first-order chi connectivity index (χ1) is 7.31. The number of hydrogen-bond acceptors (Lipinski definition) is 1. The molecule has 0 aromatic carbocycles. The highest BCUT2D eigenvalue weighted by atomic mass is 79.9. The fourth-order valence-corrected chi connectivity index (χ4v) is 1.71. The number of halogens is 1. The van der Waals surface area contributed by atoms with E-state index in [1.165, 1.54) is 51.4 Å². The van der Waals surface area contributed by atoms with Gasteiger partial charge in [0.15, 0.2) is 6.23 Å². The minimum absolute atomic E-state index is 0. The Labute approximate surface area is 112 Å². The SMILES string of the molecule is CCCCCCCCCOC([NH3+])CCC.[Br-]. The fourth-order valence-electron chi connectivity index (χ4n) is 1.71. The summed E-state index contributed by atoms with van der Waals surface area (Å²) in [6, 6.07) is 0. The van der Waals surface area contributed by atoms with Crippen molar-refractivity contribution in [3.8, 4) is 0 Å². The van der Waals surface area contributed by atoms with Gasteiger partial charge >= 0.3 is 0 Å². The third kappa shape index (κ3) is 14.4. The fraction of sp³-hybridized carbons (Fsp3) is 1.00. The summed E-state index contributed by atoms with van der Waals surface area (Å²) in [4.78, 5) is 0. The molecule has 3 N–H and O–H groups in total. The Kier molecular flexibility index (Phi) is 18.1. The molecule has 0 radical (unpaired) electrons. The van der Waals surface area contributed by atoms with Gasteiger partial charge in [0.2, 0.25) is 0 Å². The van der Waals surface area contributed by atoms with Crippen molar-refractivity contribution in [2.24, 2.45) is 0 Å². The van der Waals surface area contributed by atoms with Crippen LogP contribution in [0, 0.1) is 0 Å². The van der Waals surface area contributed by atoms with Gasteiger partial charge in [0.05, 0.1) is 6.61 Å². The number of quaternary nitrogens is 1. The largest absolute Gasteiger partial charge is 1.00 e. The van der Waals surface area contributed by atoms with Crippen LogP contribution in [0.3, 0.4) is 0 Å². The lowest BCUT2D eigenvalue weighted by atomic mass is 10.1. The first kappa shape index (κ1) is 18.8. The van der Waals surface area contributed by atoms with Crippen LogP contribution in [-0.2, 0) is 4.74 Å². The third-order valence-electron chi connectivity index (χ3n) is 2.71. The quantitative estimate of drug-likeness (QED) is 0.427. The number of hydrogen-bond donors (Lipinski definition) is 1. The summed E-state index contributed by atoms with van der Waals surface area (Å²) in [6.07, 6.45) is 11.9. The third-order valence-corrected chi connectivity index (χ3v) is 2.71. The minimum Gasteiger partial charge on any atom is -1.00 e. The molecule has 16 heavy (non-hydrogen) atoms. The van der Waals surface area contributed by atoms with E-state index < -0.39 is 0 Å². The lowest BCUT2D eigenvalue weighted by molar-refractivity contribution is -0.492. The second-order valence-electron chi connectivity index (χ2n) is 4.40. The molecule has 100 valence electrons. The standard InChI is InChI=1S/C13H29NO.BrH/c1-3-5-6-7-8-9-10-12-15-13(14)11-4-2;/h13H,3-12,14H2,1-2H3;1H. The maximum Gasteiger partial charge on any atom is 0.188 e. The molecule has 0 aliphatic carbocycles. The zero-order valence-electron chi connectivity index (χ0n) is 11.1. The molecule has 0 amide bonds. The van der Waals surface area contributed by atoms with Gasteiger partial charge in [-0.1, -0.05) is 52.4 Å². The maximum absolute atomic E-state index is 5.60. The normalized spacial score (nSPS) is 12.2. The van der Waals surface area contributed by atoms with Gasteiger partial charge in [0.25, 0.3) is 0 Å². The van der Waals surface area contributed by atoms with Gasteiger partial charge in [0.1, 0.15) is 0 Å². The van der Waals surface area contributed by atoms with E-state index in [0.717, 1.165) is 13.0 Å². The van der Waals surface area contributed by atoms with E-state index in [-0.39, 0.29) is 23.2 Å². The smallest absolute Gasteiger partial charge is 0.188 e. The summed E-state index contributed by atoms with van der Waals surface area (Å²) in [6.45, 7) is 5.34. The van der Waals surface area contributed by atoms with Gasteiger partial charge in [-0.2, -0.15) is 0 Å². The summed E-state index contributed by atoms with van der Waals surface area (Å²) in [5.74, 6) is 0. The Bertz CT molecular complexity index is 123. The Hall–Kier alpha value is 0.400. The first-order valence-corrected chi connectivity index (χ1v) is 6.76. The highest BCUT2D eigenvalue weighted by molar-refractivity contribution is 4.45. The second-order valence-corrected chi connectivity index (χ2v) is 4.40. The molecule has 0 heterocycles. The molecule has 0 aliphatic rings. The summed E-state index contributed by atoms with van der Waals surface area (Å²) in [5.41, 5.74) is 3.96. The summed E-state index contributed by atoms with van der Waals surface area (Å²) in [7, 11) is 0. The van der Waals surface area contributed by atoms with Crippen molar-refractivity contribution in [3.63, 3.8) is 0 Å². The Morgan fingerprint density at radius 1 is 0.875 bits per heavy atom. The first-order valence-electron chi connectivity index (χ1n) is 6.76. The minimum atomic E-state index is 0. The predicted molar refractivity (Wildman–Crippen MR) is 65.5 cm³/mol. The van der Waals surface area contributed by atoms with E-state index in [0.29, 0.717) is 0 Å². The average Bonchev–Trinajstić information content (AvgIpc) is 2.22. The summed E-state index contributed by atoms with van der Waals surface area (Å²) < 4.78 is 5.60. The Balaban J connectivity index is 0. The molecule has 0 aromatic heterocycles. The van der Waals surface area contributed by atoms with E-state index in [2.05, 4.69) is 19.6 Å². The highest BCUT2D eigenvalue weighted by Crippen LogP contribution is 2.07. The number of ether oxygens (including phenoxy) is 1. The van der Waals surface area contributed by atoms with E-state index in [9.17, 15) is 0 Å². The van der Waals surface area contributed by atoms with Crippen LogP contribution in [0.2, 0.25) is 0 Å². The molecule has 0 rings (SSSR count). The second kappa shape index (κ2) is 15.4.